The third kappa shape index (κ3) is 2.51. The molecule has 3 rings (SSSR count). The van der Waals surface area contributed by atoms with Gasteiger partial charge >= 0.3 is 0 Å². The number of anilines is 1. The van der Waals surface area contributed by atoms with Gasteiger partial charge in [0.2, 0.25) is 0 Å². The lowest BCUT2D eigenvalue weighted by Gasteiger charge is -2.29. The lowest BCUT2D eigenvalue weighted by atomic mass is 10.0. The van der Waals surface area contributed by atoms with E-state index >= 15 is 0 Å². The third-order valence-corrected chi connectivity index (χ3v) is 3.80. The number of aryl methyl sites for hydroxylation is 2. The van der Waals surface area contributed by atoms with Gasteiger partial charge in [-0.2, -0.15) is 0 Å². The number of hydrogen-bond donors (Lipinski definition) is 1. The van der Waals surface area contributed by atoms with E-state index in [0.717, 1.165) is 43.3 Å². The predicted octanol–water partition coefficient (Wildman–Crippen LogP) is 2.17. The van der Waals surface area contributed by atoms with E-state index in [2.05, 4.69) is 52.5 Å². The molecule has 4 nitrogen and oxygen atoms in total. The van der Waals surface area contributed by atoms with Gasteiger partial charge in [0.25, 0.3) is 0 Å². The highest BCUT2D eigenvalue weighted by molar-refractivity contribution is 5.65. The van der Waals surface area contributed by atoms with Crippen LogP contribution in [0, 0.1) is 13.8 Å². The van der Waals surface area contributed by atoms with Gasteiger partial charge in [0.15, 0.2) is 5.82 Å². The molecule has 4 heteroatoms. The molecule has 0 saturated carbocycles. The van der Waals surface area contributed by atoms with Crippen LogP contribution in [0.15, 0.2) is 30.3 Å². The van der Waals surface area contributed by atoms with Gasteiger partial charge in [0.1, 0.15) is 0 Å². The molecule has 1 saturated heterocycles. The molecule has 1 N–H and O–H groups in total. The summed E-state index contributed by atoms with van der Waals surface area (Å²) in [7, 11) is 0. The van der Waals surface area contributed by atoms with Gasteiger partial charge in [0, 0.05) is 31.7 Å². The van der Waals surface area contributed by atoms with Crippen molar-refractivity contribution in [1.82, 2.24) is 15.5 Å². The fourth-order valence-electron chi connectivity index (χ4n) is 2.66. The normalized spacial score (nSPS) is 15.4. The second-order valence-electron chi connectivity index (χ2n) is 5.29. The van der Waals surface area contributed by atoms with Gasteiger partial charge in [-0.15, -0.1) is 10.2 Å². The monoisotopic (exact) mass is 268 g/mol. The summed E-state index contributed by atoms with van der Waals surface area (Å²) in [4.78, 5) is 2.31. The number of piperazine rings is 1. The summed E-state index contributed by atoms with van der Waals surface area (Å²) in [6.45, 7) is 8.25. The van der Waals surface area contributed by atoms with Crippen molar-refractivity contribution < 1.29 is 0 Å². The Morgan fingerprint density at radius 2 is 1.75 bits per heavy atom. The van der Waals surface area contributed by atoms with Crippen molar-refractivity contribution >= 4 is 5.82 Å². The summed E-state index contributed by atoms with van der Waals surface area (Å²) < 4.78 is 0. The molecule has 0 spiro atoms. The summed E-state index contributed by atoms with van der Waals surface area (Å²) in [5.74, 6) is 1.02. The quantitative estimate of drug-likeness (QED) is 0.906. The highest BCUT2D eigenvalue weighted by Crippen LogP contribution is 2.24. The molecule has 0 amide bonds. The molecular weight excluding hydrogens is 248 g/mol. The molecule has 0 radical (unpaired) electrons. The second-order valence-corrected chi connectivity index (χ2v) is 5.29. The highest BCUT2D eigenvalue weighted by atomic mass is 15.3. The molecule has 1 aromatic carbocycles. The van der Waals surface area contributed by atoms with Gasteiger partial charge in [-0.05, 0) is 31.0 Å². The summed E-state index contributed by atoms with van der Waals surface area (Å²) in [5, 5.41) is 12.3. The number of aromatic nitrogens is 2. The minimum Gasteiger partial charge on any atom is -0.352 e. The van der Waals surface area contributed by atoms with Crippen LogP contribution in [0.5, 0.6) is 0 Å². The van der Waals surface area contributed by atoms with E-state index in [4.69, 9.17) is 0 Å². The van der Waals surface area contributed by atoms with E-state index < -0.39 is 0 Å². The number of nitrogens with one attached hydrogen (secondary N) is 1. The van der Waals surface area contributed by atoms with E-state index in [-0.39, 0.29) is 0 Å². The van der Waals surface area contributed by atoms with E-state index in [1.807, 2.05) is 12.1 Å². The number of benzene rings is 1. The third-order valence-electron chi connectivity index (χ3n) is 3.80. The lowest BCUT2D eigenvalue weighted by molar-refractivity contribution is 0.581. The fraction of sp³-hybridized carbons (Fsp3) is 0.375. The number of rotatable bonds is 2. The van der Waals surface area contributed by atoms with Crippen LogP contribution in [-0.2, 0) is 0 Å². The van der Waals surface area contributed by atoms with Crippen LogP contribution in [-0.4, -0.2) is 36.4 Å². The first-order valence-corrected chi connectivity index (χ1v) is 7.12. The van der Waals surface area contributed by atoms with Crippen molar-refractivity contribution in [3.05, 3.63) is 41.5 Å². The Labute approximate surface area is 119 Å². The zero-order chi connectivity index (χ0) is 13.9. The maximum absolute atomic E-state index is 4.47. The average Bonchev–Trinajstić information content (AvgIpc) is 2.48. The molecule has 2 aromatic rings. The zero-order valence-electron chi connectivity index (χ0n) is 12.1. The highest BCUT2D eigenvalue weighted by Gasteiger charge is 2.15. The molecule has 104 valence electrons. The van der Waals surface area contributed by atoms with Crippen LogP contribution in [0.4, 0.5) is 5.82 Å². The summed E-state index contributed by atoms with van der Waals surface area (Å²) in [5.41, 5.74) is 4.55. The maximum Gasteiger partial charge on any atom is 0.154 e. The molecular formula is C16H20N4. The van der Waals surface area contributed by atoms with Crippen molar-refractivity contribution in [2.45, 2.75) is 13.8 Å². The summed E-state index contributed by atoms with van der Waals surface area (Å²) in [6.07, 6.45) is 0. The van der Waals surface area contributed by atoms with Crippen molar-refractivity contribution in [3.63, 3.8) is 0 Å². The Morgan fingerprint density at radius 1 is 1.00 bits per heavy atom. The second kappa shape index (κ2) is 5.59. The van der Waals surface area contributed by atoms with Gasteiger partial charge < -0.3 is 10.2 Å². The molecule has 1 aliphatic heterocycles. The van der Waals surface area contributed by atoms with Crippen molar-refractivity contribution in [3.8, 4) is 11.3 Å². The maximum atomic E-state index is 4.47. The van der Waals surface area contributed by atoms with Gasteiger partial charge in [0.05, 0.1) is 5.69 Å². The SMILES string of the molecule is Cc1ccccc1-c1cc(C)c(N2CCNCC2)nn1. The average molecular weight is 268 g/mol. The van der Waals surface area contributed by atoms with E-state index in [1.165, 1.54) is 11.1 Å². The summed E-state index contributed by atoms with van der Waals surface area (Å²) in [6, 6.07) is 10.4. The first-order chi connectivity index (χ1) is 9.75. The fourth-order valence-corrected chi connectivity index (χ4v) is 2.66. The van der Waals surface area contributed by atoms with Crippen LogP contribution in [0.2, 0.25) is 0 Å². The predicted molar refractivity (Wildman–Crippen MR) is 82.0 cm³/mol. The Balaban J connectivity index is 1.93. The molecule has 1 aromatic heterocycles. The molecule has 1 aliphatic rings. The molecule has 0 unspecified atom stereocenters. The van der Waals surface area contributed by atoms with E-state index in [1.54, 1.807) is 0 Å². The zero-order valence-corrected chi connectivity index (χ0v) is 12.1. The van der Waals surface area contributed by atoms with Crippen LogP contribution in [0.1, 0.15) is 11.1 Å². The van der Waals surface area contributed by atoms with Crippen molar-refractivity contribution in [1.29, 1.82) is 0 Å². The molecule has 1 fully saturated rings. The Bertz CT molecular complexity index is 603. The molecule has 20 heavy (non-hydrogen) atoms. The summed E-state index contributed by atoms with van der Waals surface area (Å²) >= 11 is 0. The molecule has 2 heterocycles. The van der Waals surface area contributed by atoms with Crippen LogP contribution in [0.25, 0.3) is 11.3 Å². The van der Waals surface area contributed by atoms with Gasteiger partial charge in [-0.1, -0.05) is 24.3 Å². The Morgan fingerprint density at radius 3 is 2.45 bits per heavy atom. The minimum absolute atomic E-state index is 0.958. The van der Waals surface area contributed by atoms with Crippen LogP contribution in [0.3, 0.4) is 0 Å². The number of nitrogens with zero attached hydrogens (tertiary/aromatic N) is 3. The van der Waals surface area contributed by atoms with Gasteiger partial charge in [-0.3, -0.25) is 0 Å². The number of hydrogen-bond acceptors (Lipinski definition) is 4. The largest absolute Gasteiger partial charge is 0.352 e. The molecule has 0 atom stereocenters. The lowest BCUT2D eigenvalue weighted by Crippen LogP contribution is -2.44. The Hall–Kier alpha value is -1.94. The van der Waals surface area contributed by atoms with Gasteiger partial charge in [-0.25, -0.2) is 0 Å². The van der Waals surface area contributed by atoms with E-state index in [0.29, 0.717) is 0 Å². The van der Waals surface area contributed by atoms with Crippen LogP contribution < -0.4 is 10.2 Å². The smallest absolute Gasteiger partial charge is 0.154 e. The van der Waals surface area contributed by atoms with Crippen molar-refractivity contribution in [2.75, 3.05) is 31.1 Å². The first kappa shape index (κ1) is 13.1. The van der Waals surface area contributed by atoms with Crippen LogP contribution >= 0.6 is 0 Å². The molecule has 0 aliphatic carbocycles. The Kier molecular flexibility index (Phi) is 3.65. The van der Waals surface area contributed by atoms with E-state index in [9.17, 15) is 0 Å². The minimum atomic E-state index is 0.958. The standard InChI is InChI=1S/C16H20N4/c1-12-5-3-4-6-14(12)15-11-13(2)16(19-18-15)20-9-7-17-8-10-20/h3-6,11,17H,7-10H2,1-2H3. The molecule has 0 bridgehead atoms. The first-order valence-electron chi connectivity index (χ1n) is 7.12. The van der Waals surface area contributed by atoms with Crippen molar-refractivity contribution in [2.24, 2.45) is 0 Å². The topological polar surface area (TPSA) is 41.0 Å².